The third-order valence-electron chi connectivity index (χ3n) is 9.07. The predicted octanol–water partition coefficient (Wildman–Crippen LogP) is 10.9. The molecule has 0 atom stereocenters. The molecule has 10 aromatic rings. The number of furan rings is 1. The highest BCUT2D eigenvalue weighted by Crippen LogP contribution is 2.49. The maximum absolute atomic E-state index is 6.87. The Bertz CT molecular complexity index is 2720. The molecule has 3 heterocycles. The van der Waals surface area contributed by atoms with Crippen molar-refractivity contribution in [2.24, 2.45) is 0 Å². The van der Waals surface area contributed by atoms with Crippen molar-refractivity contribution in [3.63, 3.8) is 0 Å². The maximum atomic E-state index is 6.87. The molecule has 10 rings (SSSR count). The summed E-state index contributed by atoms with van der Waals surface area (Å²) in [5, 5.41) is 9.60. The monoisotopic (exact) mass is 548 g/mol. The third-order valence-corrected chi connectivity index (χ3v) is 9.07. The average Bonchev–Trinajstić information content (AvgIpc) is 3.73. The predicted molar refractivity (Wildman–Crippen MR) is 180 cm³/mol. The van der Waals surface area contributed by atoms with E-state index < -0.39 is 0 Å². The second-order valence-corrected chi connectivity index (χ2v) is 11.3. The first kappa shape index (κ1) is 22.8. The Labute approximate surface area is 246 Å². The summed E-state index contributed by atoms with van der Waals surface area (Å²) in [5.41, 5.74) is 8.75. The van der Waals surface area contributed by atoms with Crippen LogP contribution in [0.3, 0.4) is 0 Å². The summed E-state index contributed by atoms with van der Waals surface area (Å²) >= 11 is 0. The van der Waals surface area contributed by atoms with E-state index >= 15 is 0 Å². The van der Waals surface area contributed by atoms with Crippen LogP contribution in [0.15, 0.2) is 150 Å². The topological polar surface area (TPSA) is 23.0 Å². The molecule has 0 unspecified atom stereocenters. The Kier molecular flexibility index (Phi) is 4.45. The van der Waals surface area contributed by atoms with Crippen molar-refractivity contribution in [1.29, 1.82) is 0 Å². The van der Waals surface area contributed by atoms with Crippen LogP contribution in [-0.2, 0) is 0 Å². The minimum Gasteiger partial charge on any atom is -0.454 e. The minimum absolute atomic E-state index is 0.901. The first-order valence-corrected chi connectivity index (χ1v) is 14.7. The molecule has 3 aromatic heterocycles. The number of para-hydroxylation sites is 4. The number of aromatic nitrogens is 2. The Hall–Kier alpha value is -5.80. The van der Waals surface area contributed by atoms with Crippen molar-refractivity contribution in [1.82, 2.24) is 9.13 Å². The van der Waals surface area contributed by atoms with Gasteiger partial charge in [0.1, 0.15) is 5.58 Å². The Balaban J connectivity index is 1.60. The molecule has 0 amide bonds. The van der Waals surface area contributed by atoms with E-state index in [4.69, 9.17) is 4.42 Å². The molecule has 3 nitrogen and oxygen atoms in total. The van der Waals surface area contributed by atoms with Gasteiger partial charge < -0.3 is 13.6 Å². The van der Waals surface area contributed by atoms with Gasteiger partial charge in [-0.2, -0.15) is 0 Å². The van der Waals surface area contributed by atoms with Gasteiger partial charge in [0.05, 0.1) is 27.8 Å². The molecule has 0 N–H and O–H groups in total. The van der Waals surface area contributed by atoms with Gasteiger partial charge in [0.15, 0.2) is 5.58 Å². The lowest BCUT2D eigenvalue weighted by molar-refractivity contribution is 0.671. The van der Waals surface area contributed by atoms with Crippen LogP contribution in [0.2, 0.25) is 0 Å². The smallest absolute Gasteiger partial charge is 0.160 e. The van der Waals surface area contributed by atoms with Crippen molar-refractivity contribution in [3.8, 4) is 11.4 Å². The number of fused-ring (bicyclic) bond motifs is 13. The molecule has 43 heavy (non-hydrogen) atoms. The van der Waals surface area contributed by atoms with Gasteiger partial charge in [0.2, 0.25) is 0 Å². The molecule has 0 spiro atoms. The molecule has 0 radical (unpaired) electrons. The highest BCUT2D eigenvalue weighted by atomic mass is 16.3. The summed E-state index contributed by atoms with van der Waals surface area (Å²) in [7, 11) is 0. The molecule has 200 valence electrons. The molecule has 0 bridgehead atoms. The number of benzene rings is 7. The highest BCUT2D eigenvalue weighted by Gasteiger charge is 2.27. The quantitative estimate of drug-likeness (QED) is 0.211. The summed E-state index contributed by atoms with van der Waals surface area (Å²) in [4.78, 5) is 0. The average molecular weight is 549 g/mol. The number of hydrogen-bond donors (Lipinski definition) is 0. The van der Waals surface area contributed by atoms with Crippen LogP contribution in [0.1, 0.15) is 0 Å². The molecule has 0 fully saturated rings. The zero-order valence-corrected chi connectivity index (χ0v) is 23.2. The lowest BCUT2D eigenvalue weighted by Gasteiger charge is -2.13. The normalized spacial score (nSPS) is 12.2. The molecule has 3 heteroatoms. The van der Waals surface area contributed by atoms with Gasteiger partial charge in [-0.25, -0.2) is 0 Å². The van der Waals surface area contributed by atoms with E-state index in [2.05, 4.69) is 155 Å². The largest absolute Gasteiger partial charge is 0.454 e. The number of nitrogens with zero attached hydrogens (tertiary/aromatic N) is 2. The summed E-state index contributed by atoms with van der Waals surface area (Å²) in [6.45, 7) is 0. The van der Waals surface area contributed by atoms with E-state index in [-0.39, 0.29) is 0 Å². The fraction of sp³-hybridized carbons (Fsp3) is 0. The number of rotatable bonds is 2. The standard InChI is InChI=1S/C40H24N2O/c1-2-15-26(16-3-1)41-32-21-9-7-19-29(32)37-38-35(36-30-20-8-11-24-34(30)43-40(36)39(37)41)28-18-6-10-22-33(28)42(38)31-23-12-14-25-13-4-5-17-27(25)31/h1-24H. The second kappa shape index (κ2) is 8.37. The van der Waals surface area contributed by atoms with Gasteiger partial charge in [-0.1, -0.05) is 109 Å². The molecular formula is C40H24N2O. The van der Waals surface area contributed by atoms with Crippen molar-refractivity contribution < 1.29 is 4.42 Å². The van der Waals surface area contributed by atoms with Crippen LogP contribution < -0.4 is 0 Å². The molecule has 0 aliphatic carbocycles. The SMILES string of the molecule is c1ccc(-n2c3ccccc3c3c2c2oc4ccccc4c2c2c4ccccc4n(-c4cccc5ccccc45)c23)cc1. The summed E-state index contributed by atoms with van der Waals surface area (Å²) in [5.74, 6) is 0. The van der Waals surface area contributed by atoms with E-state index in [1.165, 1.54) is 49.0 Å². The lowest BCUT2D eigenvalue weighted by Crippen LogP contribution is -1.97. The lowest BCUT2D eigenvalue weighted by atomic mass is 10.0. The molecule has 0 saturated carbocycles. The first-order valence-electron chi connectivity index (χ1n) is 14.7. The Morgan fingerprint density at radius 2 is 1.00 bits per heavy atom. The highest BCUT2D eigenvalue weighted by molar-refractivity contribution is 6.39. The maximum Gasteiger partial charge on any atom is 0.160 e. The van der Waals surface area contributed by atoms with Crippen molar-refractivity contribution in [2.45, 2.75) is 0 Å². The van der Waals surface area contributed by atoms with E-state index in [0.717, 1.165) is 38.7 Å². The van der Waals surface area contributed by atoms with Gasteiger partial charge in [0, 0.05) is 43.4 Å². The van der Waals surface area contributed by atoms with Gasteiger partial charge >= 0.3 is 0 Å². The van der Waals surface area contributed by atoms with E-state index in [1.54, 1.807) is 0 Å². The fourth-order valence-corrected chi connectivity index (χ4v) is 7.38. The molecule has 0 saturated heterocycles. The van der Waals surface area contributed by atoms with Crippen LogP contribution in [-0.4, -0.2) is 9.13 Å². The van der Waals surface area contributed by atoms with Gasteiger partial charge in [-0.05, 0) is 41.8 Å². The Morgan fingerprint density at radius 3 is 1.81 bits per heavy atom. The second-order valence-electron chi connectivity index (χ2n) is 11.3. The van der Waals surface area contributed by atoms with Gasteiger partial charge in [-0.3, -0.25) is 0 Å². The van der Waals surface area contributed by atoms with Crippen LogP contribution in [0, 0.1) is 0 Å². The van der Waals surface area contributed by atoms with Crippen LogP contribution in [0.25, 0.3) is 87.7 Å². The Morgan fingerprint density at radius 1 is 0.395 bits per heavy atom. The van der Waals surface area contributed by atoms with Crippen molar-refractivity contribution in [2.75, 3.05) is 0 Å². The molecule has 0 aliphatic rings. The number of hydrogen-bond acceptors (Lipinski definition) is 1. The third kappa shape index (κ3) is 2.93. The van der Waals surface area contributed by atoms with Crippen LogP contribution in [0.4, 0.5) is 0 Å². The van der Waals surface area contributed by atoms with Gasteiger partial charge in [-0.15, -0.1) is 0 Å². The van der Waals surface area contributed by atoms with E-state index in [9.17, 15) is 0 Å². The minimum atomic E-state index is 0.901. The van der Waals surface area contributed by atoms with Crippen molar-refractivity contribution in [3.05, 3.63) is 146 Å². The molecule has 0 aliphatic heterocycles. The summed E-state index contributed by atoms with van der Waals surface area (Å²) in [6.07, 6.45) is 0. The van der Waals surface area contributed by atoms with E-state index in [1.807, 2.05) is 0 Å². The van der Waals surface area contributed by atoms with E-state index in [0.29, 0.717) is 0 Å². The zero-order valence-electron chi connectivity index (χ0n) is 23.2. The molecule has 7 aromatic carbocycles. The van der Waals surface area contributed by atoms with Gasteiger partial charge in [0.25, 0.3) is 0 Å². The summed E-state index contributed by atoms with van der Waals surface area (Å²) in [6, 6.07) is 52.1. The van der Waals surface area contributed by atoms with Crippen LogP contribution >= 0.6 is 0 Å². The molecular weight excluding hydrogens is 524 g/mol. The zero-order chi connectivity index (χ0) is 28.1. The fourth-order valence-electron chi connectivity index (χ4n) is 7.38. The van der Waals surface area contributed by atoms with Crippen LogP contribution in [0.5, 0.6) is 0 Å². The first-order chi connectivity index (χ1) is 21.4. The summed E-state index contributed by atoms with van der Waals surface area (Å²) < 4.78 is 11.8. The van der Waals surface area contributed by atoms with Crippen molar-refractivity contribution >= 4 is 76.3 Å².